The summed E-state index contributed by atoms with van der Waals surface area (Å²) in [7, 11) is 0. The van der Waals surface area contributed by atoms with Crippen LogP contribution >= 0.6 is 23.4 Å². The maximum atomic E-state index is 14.7. The number of carbonyl (C=O) groups excluding carboxylic acids is 3. The number of ether oxygens (including phenoxy) is 1. The predicted molar refractivity (Wildman–Crippen MR) is 165 cm³/mol. The van der Waals surface area contributed by atoms with Crippen molar-refractivity contribution in [2.75, 3.05) is 31.2 Å². The highest BCUT2D eigenvalue weighted by molar-refractivity contribution is 8.02. The van der Waals surface area contributed by atoms with Crippen LogP contribution in [-0.4, -0.2) is 69.6 Å². The smallest absolute Gasteiger partial charge is 0.311 e. The van der Waals surface area contributed by atoms with Crippen molar-refractivity contribution in [1.29, 1.82) is 0 Å². The Morgan fingerprint density at radius 1 is 1.20 bits per heavy atom. The van der Waals surface area contributed by atoms with Crippen molar-refractivity contribution in [3.63, 3.8) is 0 Å². The first-order valence-corrected chi connectivity index (χ1v) is 15.9. The Labute approximate surface area is 253 Å². The number of para-hydroxylation sites is 1. The third kappa shape index (κ3) is 5.84. The average molecular weight is 603 g/mol. The van der Waals surface area contributed by atoms with E-state index >= 15 is 0 Å². The number of likely N-dealkylation sites (tertiary alicyclic amines) is 1. The van der Waals surface area contributed by atoms with E-state index in [1.807, 2.05) is 26.0 Å². The van der Waals surface area contributed by atoms with Crippen LogP contribution in [0.2, 0.25) is 5.02 Å². The zero-order chi connectivity index (χ0) is 29.8. The quantitative estimate of drug-likeness (QED) is 0.157. The van der Waals surface area contributed by atoms with Crippen LogP contribution in [0.15, 0.2) is 43.5 Å². The number of benzene rings is 1. The van der Waals surface area contributed by atoms with Gasteiger partial charge >= 0.3 is 5.97 Å². The SMILES string of the molecule is C=CCCCOC(=O)[C@H]1[C@H]2C(=O)N(CCCCCCO)C(C(=O)N(CC=C)c3c(C)cccc3Cl)C23CC[C@]1(C)S3. The van der Waals surface area contributed by atoms with Crippen molar-refractivity contribution in [3.8, 4) is 0 Å². The Hall–Kier alpha value is -2.29. The molecule has 3 aliphatic rings. The first-order valence-electron chi connectivity index (χ1n) is 14.7. The number of fused-ring (bicyclic) bond motifs is 1. The number of rotatable bonds is 15. The minimum absolute atomic E-state index is 0.133. The molecule has 1 aromatic carbocycles. The maximum Gasteiger partial charge on any atom is 0.311 e. The maximum absolute atomic E-state index is 14.7. The number of hydrogen-bond acceptors (Lipinski definition) is 6. The molecule has 41 heavy (non-hydrogen) atoms. The Morgan fingerprint density at radius 3 is 2.63 bits per heavy atom. The molecule has 0 radical (unpaired) electrons. The first kappa shape index (κ1) is 31.6. The molecule has 1 N–H and O–H groups in total. The van der Waals surface area contributed by atoms with Gasteiger partial charge in [0.2, 0.25) is 5.91 Å². The van der Waals surface area contributed by atoms with Crippen molar-refractivity contribution >= 4 is 46.8 Å². The van der Waals surface area contributed by atoms with Crippen LogP contribution in [-0.2, 0) is 19.1 Å². The van der Waals surface area contributed by atoms with Gasteiger partial charge in [0, 0.05) is 24.4 Å². The fourth-order valence-electron chi connectivity index (χ4n) is 7.07. The second-order valence-electron chi connectivity index (χ2n) is 11.6. The number of anilines is 1. The van der Waals surface area contributed by atoms with Gasteiger partial charge in [-0.2, -0.15) is 0 Å². The van der Waals surface area contributed by atoms with Crippen molar-refractivity contribution < 1.29 is 24.2 Å². The molecule has 0 aromatic heterocycles. The summed E-state index contributed by atoms with van der Waals surface area (Å²) in [5.74, 6) is -1.90. The summed E-state index contributed by atoms with van der Waals surface area (Å²) in [6.07, 6.45) is 9.40. The second kappa shape index (κ2) is 13.3. The highest BCUT2D eigenvalue weighted by atomic mass is 35.5. The zero-order valence-electron chi connectivity index (χ0n) is 24.3. The molecule has 4 rings (SSSR count). The number of unbranched alkanes of at least 4 members (excludes halogenated alkanes) is 4. The van der Waals surface area contributed by atoms with Gasteiger partial charge in [0.15, 0.2) is 0 Å². The number of amides is 2. The molecule has 3 aliphatic heterocycles. The Kier molecular flexibility index (Phi) is 10.3. The highest BCUT2D eigenvalue weighted by Gasteiger charge is 2.77. The van der Waals surface area contributed by atoms with Gasteiger partial charge in [0.1, 0.15) is 6.04 Å². The van der Waals surface area contributed by atoms with E-state index in [0.29, 0.717) is 42.9 Å². The third-order valence-corrected chi connectivity index (χ3v) is 11.2. The van der Waals surface area contributed by atoms with E-state index in [-0.39, 0.29) is 37.5 Å². The number of nitrogens with zero attached hydrogens (tertiary/aromatic N) is 2. The summed E-state index contributed by atoms with van der Waals surface area (Å²) >= 11 is 8.30. The normalized spacial score (nSPS) is 28.0. The number of aryl methyl sites for hydroxylation is 1. The lowest BCUT2D eigenvalue weighted by Gasteiger charge is -2.37. The Morgan fingerprint density at radius 2 is 1.95 bits per heavy atom. The molecule has 7 nitrogen and oxygen atoms in total. The summed E-state index contributed by atoms with van der Waals surface area (Å²) in [6, 6.07) is 4.80. The molecular weight excluding hydrogens is 560 g/mol. The van der Waals surface area contributed by atoms with Gasteiger partial charge in [-0.3, -0.25) is 14.4 Å². The zero-order valence-corrected chi connectivity index (χ0v) is 25.9. The lowest BCUT2D eigenvalue weighted by Crippen LogP contribution is -2.55. The van der Waals surface area contributed by atoms with Crippen LogP contribution in [0.1, 0.15) is 63.9 Å². The number of aliphatic hydroxyl groups is 1. The molecule has 3 heterocycles. The molecule has 0 saturated carbocycles. The molecule has 1 spiro atoms. The summed E-state index contributed by atoms with van der Waals surface area (Å²) in [5.41, 5.74) is 1.48. The summed E-state index contributed by atoms with van der Waals surface area (Å²) < 4.78 is 4.51. The monoisotopic (exact) mass is 602 g/mol. The topological polar surface area (TPSA) is 87.1 Å². The highest BCUT2D eigenvalue weighted by Crippen LogP contribution is 2.71. The van der Waals surface area contributed by atoms with Gasteiger partial charge in [-0.15, -0.1) is 24.9 Å². The number of esters is 1. The molecule has 3 saturated heterocycles. The molecule has 2 bridgehead atoms. The molecule has 1 aromatic rings. The van der Waals surface area contributed by atoms with Crippen LogP contribution in [0.5, 0.6) is 0 Å². The summed E-state index contributed by atoms with van der Waals surface area (Å²) in [5, 5.41) is 9.65. The molecule has 3 fully saturated rings. The number of carbonyl (C=O) groups is 3. The number of aliphatic hydroxyl groups excluding tert-OH is 1. The van der Waals surface area contributed by atoms with Gasteiger partial charge in [-0.05, 0) is 64.0 Å². The summed E-state index contributed by atoms with van der Waals surface area (Å²) in [6.45, 7) is 12.7. The fourth-order valence-corrected chi connectivity index (χ4v) is 9.74. The lowest BCUT2D eigenvalue weighted by atomic mass is 9.66. The van der Waals surface area contributed by atoms with Crippen molar-refractivity contribution in [2.24, 2.45) is 11.8 Å². The largest absolute Gasteiger partial charge is 0.465 e. The molecule has 0 aliphatic carbocycles. The Balaban J connectivity index is 1.72. The fraction of sp³-hybridized carbons (Fsp3) is 0.594. The van der Waals surface area contributed by atoms with Crippen LogP contribution in [0.4, 0.5) is 5.69 Å². The van der Waals surface area contributed by atoms with Crippen molar-refractivity contribution in [1.82, 2.24) is 4.90 Å². The molecule has 2 amide bonds. The third-order valence-electron chi connectivity index (χ3n) is 8.90. The average Bonchev–Trinajstić information content (AvgIpc) is 3.50. The molecule has 2 unspecified atom stereocenters. The van der Waals surface area contributed by atoms with E-state index in [4.69, 9.17) is 16.3 Å². The van der Waals surface area contributed by atoms with Crippen molar-refractivity contribution in [2.45, 2.75) is 80.7 Å². The summed E-state index contributed by atoms with van der Waals surface area (Å²) in [4.78, 5) is 46.0. The van der Waals surface area contributed by atoms with Gasteiger partial charge in [-0.25, -0.2) is 0 Å². The van der Waals surface area contributed by atoms with E-state index in [1.54, 1.807) is 39.8 Å². The predicted octanol–water partition coefficient (Wildman–Crippen LogP) is 5.71. The van der Waals surface area contributed by atoms with E-state index < -0.39 is 27.4 Å². The molecule has 224 valence electrons. The van der Waals surface area contributed by atoms with Crippen LogP contribution in [0.25, 0.3) is 0 Å². The van der Waals surface area contributed by atoms with Gasteiger partial charge in [0.25, 0.3) is 5.91 Å². The number of halogens is 1. The number of thioether (sulfide) groups is 1. The molecule has 5 atom stereocenters. The van der Waals surface area contributed by atoms with E-state index in [2.05, 4.69) is 13.2 Å². The van der Waals surface area contributed by atoms with Crippen LogP contribution < -0.4 is 4.90 Å². The van der Waals surface area contributed by atoms with Gasteiger partial charge < -0.3 is 19.6 Å². The second-order valence-corrected chi connectivity index (χ2v) is 13.9. The molecular formula is C32H43ClN2O5S. The lowest BCUT2D eigenvalue weighted by molar-refractivity contribution is -0.155. The Bertz CT molecular complexity index is 1160. The number of allylic oxidation sites excluding steroid dienone is 1. The van der Waals surface area contributed by atoms with Crippen LogP contribution in [0, 0.1) is 18.8 Å². The van der Waals surface area contributed by atoms with E-state index in [0.717, 1.165) is 31.2 Å². The molecule has 9 heteroatoms. The minimum atomic E-state index is -0.737. The van der Waals surface area contributed by atoms with Gasteiger partial charge in [-0.1, -0.05) is 48.7 Å². The van der Waals surface area contributed by atoms with Crippen molar-refractivity contribution in [3.05, 3.63) is 54.1 Å². The van der Waals surface area contributed by atoms with E-state index in [9.17, 15) is 19.5 Å². The van der Waals surface area contributed by atoms with Crippen LogP contribution in [0.3, 0.4) is 0 Å². The standard InChI is InChI=1S/C32H43ClN2O5S/c1-5-7-12-21-40-30(39)25-24-28(37)35(19-10-8-9-11-20-36)27(32(24)17-16-31(25,4)41-32)29(38)34(18-6-2)26-22(3)14-13-15-23(26)33/h5-6,13-15,24-25,27,36H,1-2,7-12,16-21H2,3-4H3/t24-,25+,27?,31-,32?/m0/s1. The first-order chi connectivity index (χ1) is 19.7. The van der Waals surface area contributed by atoms with E-state index in [1.165, 1.54) is 0 Å². The minimum Gasteiger partial charge on any atom is -0.465 e. The van der Waals surface area contributed by atoms with Gasteiger partial charge in [0.05, 0.1) is 33.9 Å². The number of hydrogen-bond donors (Lipinski definition) is 1.